The van der Waals surface area contributed by atoms with Crippen molar-refractivity contribution in [3.05, 3.63) is 61.6 Å². The zero-order chi connectivity index (χ0) is 13.1. The van der Waals surface area contributed by atoms with Crippen molar-refractivity contribution in [2.45, 2.75) is 13.0 Å². The molecule has 0 heterocycles. The van der Waals surface area contributed by atoms with Gasteiger partial charge in [0.05, 0.1) is 16.1 Å². The summed E-state index contributed by atoms with van der Waals surface area (Å²) in [5, 5.41) is 4.61. The third-order valence-electron chi connectivity index (χ3n) is 2.68. The molecule has 0 aliphatic heterocycles. The van der Waals surface area contributed by atoms with E-state index in [1.807, 2.05) is 12.1 Å². The highest BCUT2D eigenvalue weighted by atomic mass is 127. The molecule has 1 N–H and O–H groups in total. The van der Waals surface area contributed by atoms with Crippen LogP contribution in [-0.4, -0.2) is 0 Å². The lowest BCUT2D eigenvalue weighted by Gasteiger charge is -2.17. The molecule has 0 saturated carbocycles. The van der Waals surface area contributed by atoms with Crippen LogP contribution in [0.5, 0.6) is 0 Å². The summed E-state index contributed by atoms with van der Waals surface area (Å²) in [7, 11) is 0. The van der Waals surface area contributed by atoms with Crippen molar-refractivity contribution in [3.8, 4) is 0 Å². The minimum Gasteiger partial charge on any atom is -0.378 e. The molecule has 18 heavy (non-hydrogen) atoms. The molecule has 4 heteroatoms. The topological polar surface area (TPSA) is 12.0 Å². The van der Waals surface area contributed by atoms with E-state index >= 15 is 0 Å². The van der Waals surface area contributed by atoms with Gasteiger partial charge in [0.1, 0.15) is 0 Å². The molecule has 0 bridgehead atoms. The molecular weight excluding hydrogens is 380 g/mol. The first-order valence-corrected chi connectivity index (χ1v) is 7.37. The van der Waals surface area contributed by atoms with Gasteiger partial charge in [-0.1, -0.05) is 35.3 Å². The van der Waals surface area contributed by atoms with Gasteiger partial charge in [0.25, 0.3) is 0 Å². The van der Waals surface area contributed by atoms with E-state index in [2.05, 4.69) is 59.1 Å². The summed E-state index contributed by atoms with van der Waals surface area (Å²) in [6.07, 6.45) is 0. The number of rotatable bonds is 3. The second-order valence-electron chi connectivity index (χ2n) is 4.02. The van der Waals surface area contributed by atoms with Crippen LogP contribution in [0.2, 0.25) is 10.0 Å². The van der Waals surface area contributed by atoms with Crippen molar-refractivity contribution in [1.29, 1.82) is 0 Å². The Hall–Kier alpha value is -0.450. The van der Waals surface area contributed by atoms with Gasteiger partial charge in [-0.25, -0.2) is 0 Å². The predicted molar refractivity (Wildman–Crippen MR) is 87.7 cm³/mol. The van der Waals surface area contributed by atoms with Crippen LogP contribution in [-0.2, 0) is 0 Å². The third-order valence-corrected chi connectivity index (χ3v) is 4.23. The molecule has 1 atom stereocenters. The van der Waals surface area contributed by atoms with Crippen molar-refractivity contribution in [3.63, 3.8) is 0 Å². The Balaban J connectivity index is 2.19. The molecule has 0 aromatic heterocycles. The van der Waals surface area contributed by atoms with Gasteiger partial charge >= 0.3 is 0 Å². The summed E-state index contributed by atoms with van der Waals surface area (Å²) in [5.41, 5.74) is 2.07. The van der Waals surface area contributed by atoms with E-state index < -0.39 is 0 Å². The summed E-state index contributed by atoms with van der Waals surface area (Å²) >= 11 is 14.5. The highest BCUT2D eigenvalue weighted by Gasteiger charge is 2.11. The van der Waals surface area contributed by atoms with E-state index in [-0.39, 0.29) is 6.04 Å². The molecule has 1 nitrogen and oxygen atoms in total. The summed E-state index contributed by atoms with van der Waals surface area (Å²) < 4.78 is 1.21. The molecular formula is C14H12Cl2IN. The predicted octanol–water partition coefficient (Wildman–Crippen LogP) is 5.77. The Morgan fingerprint density at radius 3 is 2.39 bits per heavy atom. The number of hydrogen-bond donors (Lipinski definition) is 1. The van der Waals surface area contributed by atoms with Crippen LogP contribution < -0.4 is 5.32 Å². The first-order valence-electron chi connectivity index (χ1n) is 5.54. The highest BCUT2D eigenvalue weighted by molar-refractivity contribution is 14.1. The molecule has 2 aromatic carbocycles. The number of nitrogens with one attached hydrogen (secondary N) is 1. The van der Waals surface area contributed by atoms with Crippen LogP contribution in [0, 0.1) is 3.57 Å². The first-order chi connectivity index (χ1) is 8.58. The van der Waals surface area contributed by atoms with Gasteiger partial charge in [-0.2, -0.15) is 0 Å². The van der Waals surface area contributed by atoms with Crippen LogP contribution in [0.3, 0.4) is 0 Å². The zero-order valence-corrected chi connectivity index (χ0v) is 13.4. The zero-order valence-electron chi connectivity index (χ0n) is 9.75. The Kier molecular flexibility index (Phi) is 4.76. The van der Waals surface area contributed by atoms with Gasteiger partial charge in [-0.3, -0.25) is 0 Å². The van der Waals surface area contributed by atoms with E-state index in [9.17, 15) is 0 Å². The second-order valence-corrected chi connectivity index (χ2v) is 6.05. The van der Waals surface area contributed by atoms with Crippen LogP contribution in [0.25, 0.3) is 0 Å². The highest BCUT2D eigenvalue weighted by Crippen LogP contribution is 2.31. The maximum atomic E-state index is 6.21. The van der Waals surface area contributed by atoms with Gasteiger partial charge in [0.2, 0.25) is 0 Å². The summed E-state index contributed by atoms with van der Waals surface area (Å²) in [5.74, 6) is 0. The number of anilines is 1. The molecule has 1 unspecified atom stereocenters. The van der Waals surface area contributed by atoms with Crippen LogP contribution in [0.4, 0.5) is 5.69 Å². The Bertz CT molecular complexity index is 540. The molecule has 0 aliphatic carbocycles. The van der Waals surface area contributed by atoms with Crippen molar-refractivity contribution in [2.24, 2.45) is 0 Å². The Morgan fingerprint density at radius 1 is 1.06 bits per heavy atom. The van der Waals surface area contributed by atoms with E-state index in [0.29, 0.717) is 10.0 Å². The molecule has 0 fully saturated rings. The van der Waals surface area contributed by atoms with Crippen LogP contribution >= 0.6 is 45.8 Å². The standard InChI is InChI=1S/C14H12Cl2IN/c1-9(12-3-2-4-13(15)14(12)16)18-11-7-5-10(17)6-8-11/h2-9,18H,1H3. The third kappa shape index (κ3) is 3.31. The molecule has 0 saturated heterocycles. The lowest BCUT2D eigenvalue weighted by Crippen LogP contribution is -2.07. The first kappa shape index (κ1) is 14.0. The van der Waals surface area contributed by atoms with E-state index in [4.69, 9.17) is 23.2 Å². The SMILES string of the molecule is CC(Nc1ccc(I)cc1)c1cccc(Cl)c1Cl. The average Bonchev–Trinajstić information content (AvgIpc) is 2.35. The molecule has 0 radical (unpaired) electrons. The van der Waals surface area contributed by atoms with E-state index in [1.165, 1.54) is 3.57 Å². The molecule has 2 rings (SSSR count). The van der Waals surface area contributed by atoms with Crippen molar-refractivity contribution in [1.82, 2.24) is 0 Å². The molecule has 0 aliphatic rings. The molecule has 0 amide bonds. The minimum atomic E-state index is 0.108. The summed E-state index contributed by atoms with van der Waals surface area (Å²) in [4.78, 5) is 0. The van der Waals surface area contributed by atoms with Gasteiger partial charge in [0.15, 0.2) is 0 Å². The van der Waals surface area contributed by atoms with Crippen molar-refractivity contribution < 1.29 is 0 Å². The lowest BCUT2D eigenvalue weighted by molar-refractivity contribution is 0.885. The largest absolute Gasteiger partial charge is 0.378 e. The normalized spacial score (nSPS) is 12.2. The maximum absolute atomic E-state index is 6.21. The quantitative estimate of drug-likeness (QED) is 0.654. The van der Waals surface area contributed by atoms with Gasteiger partial charge in [-0.15, -0.1) is 0 Å². The maximum Gasteiger partial charge on any atom is 0.0644 e. The monoisotopic (exact) mass is 391 g/mol. The van der Waals surface area contributed by atoms with Crippen molar-refractivity contribution in [2.75, 3.05) is 5.32 Å². The van der Waals surface area contributed by atoms with Gasteiger partial charge in [-0.05, 0) is 65.4 Å². The average molecular weight is 392 g/mol. The van der Waals surface area contributed by atoms with Crippen LogP contribution in [0.1, 0.15) is 18.5 Å². The lowest BCUT2D eigenvalue weighted by atomic mass is 10.1. The molecule has 0 spiro atoms. The summed E-state index contributed by atoms with van der Waals surface area (Å²) in [6.45, 7) is 2.06. The molecule has 94 valence electrons. The number of hydrogen-bond acceptors (Lipinski definition) is 1. The fourth-order valence-corrected chi connectivity index (χ4v) is 2.56. The van der Waals surface area contributed by atoms with E-state index in [1.54, 1.807) is 6.07 Å². The smallest absolute Gasteiger partial charge is 0.0644 e. The number of halogens is 3. The van der Waals surface area contributed by atoms with Crippen LogP contribution in [0.15, 0.2) is 42.5 Å². The van der Waals surface area contributed by atoms with Crippen molar-refractivity contribution >= 4 is 51.5 Å². The van der Waals surface area contributed by atoms with E-state index in [0.717, 1.165) is 11.3 Å². The second kappa shape index (κ2) is 6.13. The molecule has 2 aromatic rings. The Morgan fingerprint density at radius 2 is 1.72 bits per heavy atom. The fourth-order valence-electron chi connectivity index (χ4n) is 1.73. The Labute approximate surface area is 131 Å². The van der Waals surface area contributed by atoms with Gasteiger partial charge in [0, 0.05) is 9.26 Å². The van der Waals surface area contributed by atoms with Gasteiger partial charge < -0.3 is 5.32 Å². The summed E-state index contributed by atoms with van der Waals surface area (Å²) in [6, 6.07) is 14.0. The number of benzene rings is 2. The minimum absolute atomic E-state index is 0.108. The fraction of sp³-hybridized carbons (Fsp3) is 0.143.